The molecule has 4 aromatic rings. The van der Waals surface area contributed by atoms with E-state index in [1.54, 1.807) is 75.4 Å². The van der Waals surface area contributed by atoms with Gasteiger partial charge in [0, 0.05) is 11.6 Å². The maximum absolute atomic E-state index is 13.6. The molecule has 0 bridgehead atoms. The molecule has 1 aliphatic rings. The van der Waals surface area contributed by atoms with Crippen molar-refractivity contribution in [2.45, 2.75) is 32.9 Å². The molecule has 4 N–H and O–H groups in total. The van der Waals surface area contributed by atoms with E-state index in [2.05, 4.69) is 0 Å². The second-order valence-electron chi connectivity index (χ2n) is 10.3. The van der Waals surface area contributed by atoms with Crippen LogP contribution in [0, 0.1) is 0 Å². The van der Waals surface area contributed by atoms with Crippen molar-refractivity contribution in [2.75, 3.05) is 10.9 Å². The van der Waals surface area contributed by atoms with Crippen LogP contribution in [0.15, 0.2) is 79.0 Å². The molecule has 2 heterocycles. The highest BCUT2D eigenvalue weighted by Crippen LogP contribution is 2.30. The van der Waals surface area contributed by atoms with Crippen LogP contribution >= 0.6 is 0 Å². The van der Waals surface area contributed by atoms with Crippen molar-refractivity contribution in [1.29, 1.82) is 0 Å². The molecular weight excluding hydrogens is 528 g/mol. The summed E-state index contributed by atoms with van der Waals surface area (Å²) in [7, 11) is 0. The third-order valence-corrected chi connectivity index (χ3v) is 6.28. The van der Waals surface area contributed by atoms with Gasteiger partial charge >= 0.3 is 12.2 Å². The first-order chi connectivity index (χ1) is 19.5. The van der Waals surface area contributed by atoms with Gasteiger partial charge in [0.05, 0.1) is 28.9 Å². The van der Waals surface area contributed by atoms with Gasteiger partial charge in [-0.3, -0.25) is 14.2 Å². The number of aromatic nitrogens is 1. The Morgan fingerprint density at radius 2 is 1.46 bits per heavy atom. The molecule has 0 saturated heterocycles. The van der Waals surface area contributed by atoms with Crippen LogP contribution in [0.2, 0.25) is 0 Å². The van der Waals surface area contributed by atoms with E-state index in [1.165, 1.54) is 29.0 Å². The van der Waals surface area contributed by atoms with Crippen molar-refractivity contribution < 1.29 is 28.8 Å². The Balaban J connectivity index is 1.55. The number of nitrogens with zero attached hydrogens (tertiary/aromatic N) is 4. The van der Waals surface area contributed by atoms with Crippen LogP contribution < -0.4 is 16.7 Å². The second kappa shape index (κ2) is 10.3. The lowest BCUT2D eigenvalue weighted by Gasteiger charge is -2.30. The Morgan fingerprint density at radius 1 is 0.878 bits per heavy atom. The van der Waals surface area contributed by atoms with E-state index in [4.69, 9.17) is 21.2 Å². The summed E-state index contributed by atoms with van der Waals surface area (Å²) in [5, 5.41) is 2.79. The van der Waals surface area contributed by atoms with Gasteiger partial charge in [0.25, 0.3) is 11.8 Å². The molecule has 0 unspecified atom stereocenters. The van der Waals surface area contributed by atoms with Gasteiger partial charge in [-0.05, 0) is 56.7 Å². The fourth-order valence-corrected chi connectivity index (χ4v) is 4.48. The lowest BCUT2D eigenvalue weighted by Crippen LogP contribution is -2.51. The molecule has 0 radical (unpaired) electrons. The standard InChI is InChI=1S/C29H28N6O6/c1-29(2,3)40-27(38)32-16-18(19-10-6-8-14-23(19)32)17-33(28(39)41-35(31)24-15-9-7-13-22(24)30)34-25(36)20-11-4-5-12-21(20)26(34)37/h4-16H,17,30-31H2,1-3H3. The number of hydrazine groups is 2. The number of imide groups is 1. The van der Waals surface area contributed by atoms with Gasteiger partial charge in [-0.2, -0.15) is 5.01 Å². The number of para-hydroxylation sites is 3. The predicted octanol–water partition coefficient (Wildman–Crippen LogP) is 4.45. The smallest absolute Gasteiger partial charge is 0.443 e. The van der Waals surface area contributed by atoms with E-state index in [0.29, 0.717) is 26.6 Å². The number of ether oxygens (including phenoxy) is 1. The van der Waals surface area contributed by atoms with Crippen LogP contribution in [-0.2, 0) is 16.1 Å². The Kier molecular flexibility index (Phi) is 6.85. The van der Waals surface area contributed by atoms with Crippen LogP contribution in [-0.4, -0.2) is 44.2 Å². The molecule has 12 nitrogen and oxygen atoms in total. The monoisotopic (exact) mass is 556 g/mol. The third-order valence-electron chi connectivity index (χ3n) is 6.28. The zero-order valence-corrected chi connectivity index (χ0v) is 22.6. The highest BCUT2D eigenvalue weighted by atomic mass is 16.7. The zero-order valence-electron chi connectivity index (χ0n) is 22.6. The number of hydrogen-bond donors (Lipinski definition) is 2. The molecule has 3 amide bonds. The molecule has 0 aliphatic carbocycles. The summed E-state index contributed by atoms with van der Waals surface area (Å²) in [6.45, 7) is 4.90. The third kappa shape index (κ3) is 5.15. The van der Waals surface area contributed by atoms with Crippen molar-refractivity contribution in [2.24, 2.45) is 5.84 Å². The summed E-state index contributed by atoms with van der Waals surface area (Å²) in [5.41, 5.74) is 6.82. The van der Waals surface area contributed by atoms with E-state index >= 15 is 0 Å². The minimum absolute atomic E-state index is 0.128. The Bertz CT molecular complexity index is 1660. The maximum atomic E-state index is 13.6. The molecule has 0 fully saturated rings. The van der Waals surface area contributed by atoms with E-state index in [1.807, 2.05) is 0 Å². The van der Waals surface area contributed by atoms with Crippen molar-refractivity contribution in [3.05, 3.63) is 95.7 Å². The topological polar surface area (TPSA) is 153 Å². The normalized spacial score (nSPS) is 12.8. The van der Waals surface area contributed by atoms with Gasteiger partial charge in [0.2, 0.25) is 0 Å². The number of nitrogens with two attached hydrogens (primary N) is 2. The largest absolute Gasteiger partial charge is 0.455 e. The highest BCUT2D eigenvalue weighted by molar-refractivity contribution is 6.21. The fraction of sp³-hybridized carbons (Fsp3) is 0.172. The van der Waals surface area contributed by atoms with Crippen molar-refractivity contribution in [3.8, 4) is 0 Å². The number of benzene rings is 3. The Morgan fingerprint density at radius 3 is 2.10 bits per heavy atom. The molecule has 3 aromatic carbocycles. The number of anilines is 2. The summed E-state index contributed by atoms with van der Waals surface area (Å²) >= 11 is 0. The SMILES string of the molecule is CC(C)(C)OC(=O)n1cc(CN(C(=O)ON(N)c2ccccc2N)N2C(=O)c3ccccc3C2=O)c2ccccc21. The molecule has 41 heavy (non-hydrogen) atoms. The molecule has 5 rings (SSSR count). The van der Waals surface area contributed by atoms with Gasteiger partial charge in [-0.1, -0.05) is 42.5 Å². The van der Waals surface area contributed by atoms with Crippen molar-refractivity contribution in [3.63, 3.8) is 0 Å². The number of rotatable bonds is 5. The zero-order chi connectivity index (χ0) is 29.5. The fourth-order valence-electron chi connectivity index (χ4n) is 4.48. The van der Waals surface area contributed by atoms with Gasteiger partial charge < -0.3 is 15.3 Å². The van der Waals surface area contributed by atoms with Crippen LogP contribution in [0.5, 0.6) is 0 Å². The van der Waals surface area contributed by atoms with E-state index in [0.717, 1.165) is 5.01 Å². The highest BCUT2D eigenvalue weighted by Gasteiger charge is 2.43. The second-order valence-corrected chi connectivity index (χ2v) is 10.3. The predicted molar refractivity (Wildman–Crippen MR) is 150 cm³/mol. The van der Waals surface area contributed by atoms with Crippen LogP contribution in [0.4, 0.5) is 21.0 Å². The first kappa shape index (κ1) is 27.2. The van der Waals surface area contributed by atoms with Crippen LogP contribution in [0.1, 0.15) is 47.1 Å². The van der Waals surface area contributed by atoms with Gasteiger partial charge in [-0.15, -0.1) is 5.17 Å². The van der Waals surface area contributed by atoms with Crippen molar-refractivity contribution >= 4 is 46.3 Å². The first-order valence-electron chi connectivity index (χ1n) is 12.6. The number of hydrogen-bond acceptors (Lipinski definition) is 9. The van der Waals surface area contributed by atoms with Crippen molar-refractivity contribution in [1.82, 2.24) is 14.6 Å². The van der Waals surface area contributed by atoms with Gasteiger partial charge in [0.15, 0.2) is 0 Å². The Labute approximate surface area is 235 Å². The Hall–Kier alpha value is -5.36. The molecule has 0 saturated carbocycles. The number of amides is 3. The summed E-state index contributed by atoms with van der Waals surface area (Å²) in [4.78, 5) is 58.8. The lowest BCUT2D eigenvalue weighted by atomic mass is 10.1. The average molecular weight is 557 g/mol. The summed E-state index contributed by atoms with van der Waals surface area (Å²) in [6, 6.07) is 19.6. The molecule has 210 valence electrons. The first-order valence-corrected chi connectivity index (χ1v) is 12.6. The van der Waals surface area contributed by atoms with Gasteiger partial charge in [0.1, 0.15) is 11.3 Å². The number of nitrogen functional groups attached to an aromatic ring is 1. The minimum Gasteiger partial charge on any atom is -0.443 e. The number of carbonyl (C=O) groups is 4. The van der Waals surface area contributed by atoms with Crippen LogP contribution in [0.25, 0.3) is 10.9 Å². The summed E-state index contributed by atoms with van der Waals surface area (Å²) in [5.74, 6) is 4.56. The quantitative estimate of drug-likeness (QED) is 0.157. The average Bonchev–Trinajstić information content (AvgIpc) is 3.41. The summed E-state index contributed by atoms with van der Waals surface area (Å²) in [6.07, 6.45) is -0.283. The molecule has 1 aliphatic heterocycles. The molecule has 0 spiro atoms. The van der Waals surface area contributed by atoms with Gasteiger partial charge in [-0.25, -0.2) is 20.4 Å². The minimum atomic E-state index is -1.14. The molecular formula is C29H28N6O6. The van der Waals surface area contributed by atoms with E-state index in [9.17, 15) is 19.2 Å². The molecule has 0 atom stereocenters. The molecule has 12 heteroatoms. The molecule has 1 aromatic heterocycles. The number of fused-ring (bicyclic) bond motifs is 2. The number of carbonyl (C=O) groups excluding carboxylic acids is 4. The lowest BCUT2D eigenvalue weighted by molar-refractivity contribution is -0.00881. The van der Waals surface area contributed by atoms with Crippen LogP contribution in [0.3, 0.4) is 0 Å². The maximum Gasteiger partial charge on any atom is 0.455 e. The summed E-state index contributed by atoms with van der Waals surface area (Å²) < 4.78 is 6.86. The van der Waals surface area contributed by atoms with E-state index in [-0.39, 0.29) is 29.0 Å². The van der Waals surface area contributed by atoms with E-state index < -0.39 is 29.6 Å².